The highest BCUT2D eigenvalue weighted by molar-refractivity contribution is 5.93. The van der Waals surface area contributed by atoms with Gasteiger partial charge in [0.25, 0.3) is 0 Å². The van der Waals surface area contributed by atoms with E-state index in [-0.39, 0.29) is 51.4 Å². The van der Waals surface area contributed by atoms with E-state index in [1.54, 1.807) is 6.92 Å². The monoisotopic (exact) mass is 428 g/mol. The number of carbonyl (C=O) groups is 3. The Morgan fingerprint density at radius 3 is 2.55 bits per heavy atom. The molecule has 0 aromatic carbocycles. The second-order valence-electron chi connectivity index (χ2n) is 12.0. The van der Waals surface area contributed by atoms with E-state index in [2.05, 4.69) is 26.8 Å². The summed E-state index contributed by atoms with van der Waals surface area (Å²) in [6.07, 6.45) is 9.87. The first-order valence-corrected chi connectivity index (χ1v) is 12.1. The molecule has 0 heterocycles. The molecule has 5 rings (SSSR count). The van der Waals surface area contributed by atoms with E-state index in [0.29, 0.717) is 11.8 Å². The van der Waals surface area contributed by atoms with Gasteiger partial charge in [-0.05, 0) is 78.1 Å². The number of hydrogen-bond acceptors (Lipinski definition) is 4. The first-order chi connectivity index (χ1) is 14.4. The fourth-order valence-electron chi connectivity index (χ4n) is 9.75. The molecule has 5 heteroatoms. The van der Waals surface area contributed by atoms with Crippen LogP contribution in [0.3, 0.4) is 0 Å². The maximum absolute atomic E-state index is 12.4. The molecule has 0 bridgehead atoms. The van der Waals surface area contributed by atoms with Gasteiger partial charge in [-0.3, -0.25) is 14.4 Å². The lowest BCUT2D eigenvalue weighted by atomic mass is 9.43. The van der Waals surface area contributed by atoms with Gasteiger partial charge >= 0.3 is 11.9 Å². The van der Waals surface area contributed by atoms with E-state index in [4.69, 9.17) is 4.74 Å². The molecule has 5 aliphatic rings. The van der Waals surface area contributed by atoms with E-state index in [1.165, 1.54) is 6.92 Å². The van der Waals surface area contributed by atoms with Crippen LogP contribution in [0.25, 0.3) is 0 Å². The minimum atomic E-state index is -0.804. The van der Waals surface area contributed by atoms with E-state index in [1.807, 2.05) is 6.08 Å². The Bertz CT molecular complexity index is 892. The SMILES string of the molecule is CC(=O)O[C@H]1C[C@@]2(C)[C@@H]3CC[C@H]4[C@H](C)C(=O)C=C[C@@]45C[C@@]35CC[C@]2(C)[C@H]1[C@H](C)C(=O)O. The summed E-state index contributed by atoms with van der Waals surface area (Å²) in [6, 6.07) is 0. The summed E-state index contributed by atoms with van der Waals surface area (Å²) in [6.45, 7) is 9.96. The van der Waals surface area contributed by atoms with Crippen LogP contribution in [0.2, 0.25) is 0 Å². The van der Waals surface area contributed by atoms with Crippen LogP contribution in [0, 0.1) is 51.2 Å². The average molecular weight is 429 g/mol. The van der Waals surface area contributed by atoms with Gasteiger partial charge in [0.2, 0.25) is 0 Å². The number of carbonyl (C=O) groups excluding carboxylic acids is 2. The van der Waals surface area contributed by atoms with Crippen LogP contribution in [0.1, 0.15) is 73.1 Å². The Morgan fingerprint density at radius 2 is 1.90 bits per heavy atom. The Labute approximate surface area is 185 Å². The third-order valence-corrected chi connectivity index (χ3v) is 11.3. The summed E-state index contributed by atoms with van der Waals surface area (Å²) in [4.78, 5) is 36.4. The normalized spacial score (nSPS) is 52.9. The Hall–Kier alpha value is -1.65. The summed E-state index contributed by atoms with van der Waals surface area (Å²) in [5.41, 5.74) is 0.1000. The predicted molar refractivity (Wildman–Crippen MR) is 115 cm³/mol. The lowest BCUT2D eigenvalue weighted by Crippen LogP contribution is -2.55. The van der Waals surface area contributed by atoms with Crippen molar-refractivity contribution in [2.75, 3.05) is 0 Å². The molecule has 0 amide bonds. The molecule has 0 radical (unpaired) electrons. The minimum absolute atomic E-state index is 0.0766. The van der Waals surface area contributed by atoms with Crippen molar-refractivity contribution in [2.24, 2.45) is 51.2 Å². The molecule has 5 nitrogen and oxygen atoms in total. The number of ether oxygens (including phenoxy) is 1. The van der Waals surface area contributed by atoms with E-state index < -0.39 is 11.9 Å². The van der Waals surface area contributed by atoms with E-state index >= 15 is 0 Å². The van der Waals surface area contributed by atoms with Crippen molar-refractivity contribution in [1.82, 2.24) is 0 Å². The van der Waals surface area contributed by atoms with Crippen LogP contribution < -0.4 is 0 Å². The molecule has 1 N–H and O–H groups in total. The number of carboxylic acid groups (broad SMARTS) is 1. The Balaban J connectivity index is 1.57. The van der Waals surface area contributed by atoms with E-state index in [0.717, 1.165) is 38.5 Å². The second-order valence-corrected chi connectivity index (χ2v) is 12.0. The zero-order chi connectivity index (χ0) is 22.6. The lowest BCUT2D eigenvalue weighted by Gasteiger charge is -2.60. The van der Waals surface area contributed by atoms with Crippen LogP contribution >= 0.6 is 0 Å². The molecule has 0 saturated heterocycles. The van der Waals surface area contributed by atoms with Gasteiger partial charge in [0, 0.05) is 18.8 Å². The maximum atomic E-state index is 12.4. The van der Waals surface area contributed by atoms with Gasteiger partial charge in [0.05, 0.1) is 5.92 Å². The zero-order valence-corrected chi connectivity index (χ0v) is 19.4. The van der Waals surface area contributed by atoms with Crippen molar-refractivity contribution in [3.05, 3.63) is 12.2 Å². The Morgan fingerprint density at radius 1 is 1.19 bits per heavy atom. The molecular formula is C26H36O5. The van der Waals surface area contributed by atoms with Crippen LogP contribution in [-0.4, -0.2) is 28.9 Å². The number of allylic oxidation sites excluding steroid dienone is 2. The fraction of sp³-hybridized carbons (Fsp3) is 0.808. The van der Waals surface area contributed by atoms with Crippen LogP contribution in [0.5, 0.6) is 0 Å². The fourth-order valence-corrected chi connectivity index (χ4v) is 9.75. The Kier molecular flexibility index (Phi) is 4.26. The number of ketones is 1. The minimum Gasteiger partial charge on any atom is -0.481 e. The quantitative estimate of drug-likeness (QED) is 0.662. The molecule has 170 valence electrons. The number of fused-ring (bicyclic) bond motifs is 2. The third-order valence-electron chi connectivity index (χ3n) is 11.3. The number of aliphatic carboxylic acids is 1. The van der Waals surface area contributed by atoms with Gasteiger partial charge in [-0.2, -0.15) is 0 Å². The summed E-state index contributed by atoms with van der Waals surface area (Å²) < 4.78 is 5.82. The molecule has 0 unspecified atom stereocenters. The zero-order valence-electron chi connectivity index (χ0n) is 19.4. The average Bonchev–Trinajstić information content (AvgIpc) is 3.29. The van der Waals surface area contributed by atoms with Gasteiger partial charge in [0.15, 0.2) is 5.78 Å². The maximum Gasteiger partial charge on any atom is 0.306 e. The van der Waals surface area contributed by atoms with Crippen molar-refractivity contribution in [1.29, 1.82) is 0 Å². The third kappa shape index (κ3) is 2.36. The van der Waals surface area contributed by atoms with Gasteiger partial charge in [0.1, 0.15) is 6.10 Å². The number of rotatable bonds is 3. The molecule has 4 fully saturated rings. The van der Waals surface area contributed by atoms with Crippen LogP contribution in [0.4, 0.5) is 0 Å². The smallest absolute Gasteiger partial charge is 0.306 e. The molecule has 0 aromatic rings. The molecule has 5 aliphatic carbocycles. The van der Waals surface area contributed by atoms with Gasteiger partial charge in [-0.15, -0.1) is 0 Å². The van der Waals surface area contributed by atoms with Gasteiger partial charge < -0.3 is 9.84 Å². The number of esters is 1. The van der Waals surface area contributed by atoms with Gasteiger partial charge in [-0.1, -0.05) is 33.8 Å². The van der Waals surface area contributed by atoms with Crippen molar-refractivity contribution in [2.45, 2.75) is 79.2 Å². The van der Waals surface area contributed by atoms with Crippen molar-refractivity contribution < 1.29 is 24.2 Å². The lowest BCUT2D eigenvalue weighted by molar-refractivity contribution is -0.160. The first kappa shape index (κ1) is 21.2. The largest absolute Gasteiger partial charge is 0.481 e. The van der Waals surface area contributed by atoms with E-state index in [9.17, 15) is 19.5 Å². The summed E-state index contributed by atoms with van der Waals surface area (Å²) in [5, 5.41) is 9.90. The van der Waals surface area contributed by atoms with Crippen LogP contribution in [0.15, 0.2) is 12.2 Å². The molecule has 2 spiro atoms. The molecule has 0 aliphatic heterocycles. The summed E-state index contributed by atoms with van der Waals surface area (Å²) in [7, 11) is 0. The first-order valence-electron chi connectivity index (χ1n) is 12.1. The second kappa shape index (κ2) is 6.23. The van der Waals surface area contributed by atoms with Crippen molar-refractivity contribution in [3.63, 3.8) is 0 Å². The molecule has 4 saturated carbocycles. The topological polar surface area (TPSA) is 80.7 Å². The number of hydrogen-bond donors (Lipinski definition) is 1. The molecular weight excluding hydrogens is 392 g/mol. The number of carboxylic acids is 1. The van der Waals surface area contributed by atoms with Crippen LogP contribution in [-0.2, 0) is 19.1 Å². The molecule has 0 aromatic heterocycles. The van der Waals surface area contributed by atoms with Gasteiger partial charge in [-0.25, -0.2) is 0 Å². The summed E-state index contributed by atoms with van der Waals surface area (Å²) in [5.74, 6) is -0.562. The highest BCUT2D eigenvalue weighted by atomic mass is 16.5. The highest BCUT2D eigenvalue weighted by Crippen LogP contribution is 2.87. The molecule has 10 atom stereocenters. The summed E-state index contributed by atoms with van der Waals surface area (Å²) >= 11 is 0. The van der Waals surface area contributed by atoms with Crippen molar-refractivity contribution in [3.8, 4) is 0 Å². The highest BCUT2D eigenvalue weighted by Gasteiger charge is 2.81. The standard InChI is InChI=1S/C26H36O5/c1-14-17-6-7-20-24(5)12-19(31-16(3)27)21(15(2)22(29)30)23(24,4)10-11-26(20)13-25(17,26)9-8-18(14)28/h8-9,14-15,17,19-21H,6-7,10-13H2,1-5H3,(H,29,30)/t14-,15-,17-,19-,20-,21-,23+,24-,25+,26-/m0/s1. The predicted octanol–water partition coefficient (Wildman–Crippen LogP) is 4.64. The molecule has 31 heavy (non-hydrogen) atoms. The van der Waals surface area contributed by atoms with Crippen molar-refractivity contribution >= 4 is 17.7 Å².